The highest BCUT2D eigenvalue weighted by atomic mass is 16.5. The Bertz CT molecular complexity index is 171. The van der Waals surface area contributed by atoms with E-state index in [0.29, 0.717) is 0 Å². The summed E-state index contributed by atoms with van der Waals surface area (Å²) in [6, 6.07) is 0. The van der Waals surface area contributed by atoms with Gasteiger partial charge in [-0.1, -0.05) is 6.92 Å². The zero-order chi connectivity index (χ0) is 10.2. The van der Waals surface area contributed by atoms with Crippen LogP contribution in [0.2, 0.25) is 0 Å². The molecule has 0 spiro atoms. The fourth-order valence-corrected chi connectivity index (χ4v) is 1.87. The molecule has 0 unspecified atom stereocenters. The van der Waals surface area contributed by atoms with E-state index in [1.807, 2.05) is 6.92 Å². The Morgan fingerprint density at radius 1 is 1.36 bits per heavy atom. The number of likely N-dealkylation sites (tertiary alicyclic amines) is 1. The van der Waals surface area contributed by atoms with E-state index in [9.17, 15) is 0 Å². The SMILES string of the molecule is CC/C=C(\C)OCCCN1CCCC1. The standard InChI is InChI=1S/C12H23NO/c1-3-7-12(2)14-11-6-10-13-8-4-5-9-13/h7H,3-6,8-11H2,1-2H3/b12-7+. The molecule has 1 heterocycles. The van der Waals surface area contributed by atoms with Crippen molar-refractivity contribution in [2.45, 2.75) is 39.5 Å². The molecule has 0 radical (unpaired) electrons. The second-order valence-electron chi connectivity index (χ2n) is 3.97. The van der Waals surface area contributed by atoms with E-state index in [0.717, 1.165) is 25.2 Å². The van der Waals surface area contributed by atoms with Crippen LogP contribution in [0.1, 0.15) is 39.5 Å². The summed E-state index contributed by atoms with van der Waals surface area (Å²) >= 11 is 0. The van der Waals surface area contributed by atoms with E-state index < -0.39 is 0 Å². The van der Waals surface area contributed by atoms with Gasteiger partial charge in [-0.2, -0.15) is 0 Å². The third-order valence-corrected chi connectivity index (χ3v) is 2.64. The number of hydrogen-bond acceptors (Lipinski definition) is 2. The molecule has 1 saturated heterocycles. The molecular formula is C12H23NO. The second kappa shape index (κ2) is 6.88. The Balaban J connectivity index is 1.95. The lowest BCUT2D eigenvalue weighted by atomic mass is 10.4. The molecular weight excluding hydrogens is 174 g/mol. The molecule has 0 aromatic heterocycles. The van der Waals surface area contributed by atoms with Gasteiger partial charge in [0.15, 0.2) is 0 Å². The van der Waals surface area contributed by atoms with Crippen LogP contribution in [0, 0.1) is 0 Å². The van der Waals surface area contributed by atoms with Gasteiger partial charge in [0, 0.05) is 6.54 Å². The van der Waals surface area contributed by atoms with Crippen LogP contribution in [0.5, 0.6) is 0 Å². The molecule has 1 aliphatic heterocycles. The largest absolute Gasteiger partial charge is 0.499 e. The van der Waals surface area contributed by atoms with Gasteiger partial charge >= 0.3 is 0 Å². The van der Waals surface area contributed by atoms with Crippen LogP contribution in [0.3, 0.4) is 0 Å². The van der Waals surface area contributed by atoms with Gasteiger partial charge in [-0.3, -0.25) is 0 Å². The smallest absolute Gasteiger partial charge is 0.0889 e. The minimum Gasteiger partial charge on any atom is -0.499 e. The number of hydrogen-bond donors (Lipinski definition) is 0. The minimum absolute atomic E-state index is 0.874. The van der Waals surface area contributed by atoms with Crippen molar-refractivity contribution in [2.24, 2.45) is 0 Å². The molecule has 82 valence electrons. The normalized spacial score (nSPS) is 18.9. The quantitative estimate of drug-likeness (QED) is 0.479. The van der Waals surface area contributed by atoms with Crippen molar-refractivity contribution in [1.82, 2.24) is 4.90 Å². The molecule has 0 aromatic carbocycles. The molecule has 0 N–H and O–H groups in total. The van der Waals surface area contributed by atoms with Gasteiger partial charge in [0.1, 0.15) is 0 Å². The van der Waals surface area contributed by atoms with Crippen molar-refractivity contribution in [3.8, 4) is 0 Å². The summed E-state index contributed by atoms with van der Waals surface area (Å²) in [6.07, 6.45) is 7.13. The molecule has 0 bridgehead atoms. The topological polar surface area (TPSA) is 12.5 Å². The van der Waals surface area contributed by atoms with Gasteiger partial charge in [-0.15, -0.1) is 0 Å². The third-order valence-electron chi connectivity index (χ3n) is 2.64. The fourth-order valence-electron chi connectivity index (χ4n) is 1.87. The molecule has 0 aliphatic carbocycles. The molecule has 1 fully saturated rings. The summed E-state index contributed by atoms with van der Waals surface area (Å²) in [5.41, 5.74) is 0. The summed E-state index contributed by atoms with van der Waals surface area (Å²) < 4.78 is 5.58. The first-order valence-corrected chi connectivity index (χ1v) is 5.85. The van der Waals surface area contributed by atoms with Gasteiger partial charge in [-0.25, -0.2) is 0 Å². The Morgan fingerprint density at radius 3 is 2.71 bits per heavy atom. The Labute approximate surface area is 87.9 Å². The van der Waals surface area contributed by atoms with E-state index in [2.05, 4.69) is 17.9 Å². The van der Waals surface area contributed by atoms with Crippen molar-refractivity contribution in [3.05, 3.63) is 11.8 Å². The molecule has 14 heavy (non-hydrogen) atoms. The van der Waals surface area contributed by atoms with Crippen molar-refractivity contribution in [2.75, 3.05) is 26.2 Å². The molecule has 0 amide bonds. The van der Waals surface area contributed by atoms with E-state index >= 15 is 0 Å². The van der Waals surface area contributed by atoms with Crippen LogP contribution >= 0.6 is 0 Å². The maximum atomic E-state index is 5.58. The molecule has 0 aromatic rings. The average Bonchev–Trinajstić information content (AvgIpc) is 2.65. The van der Waals surface area contributed by atoms with Crippen molar-refractivity contribution in [1.29, 1.82) is 0 Å². The van der Waals surface area contributed by atoms with Gasteiger partial charge in [-0.05, 0) is 51.8 Å². The lowest BCUT2D eigenvalue weighted by molar-refractivity contribution is 0.191. The summed E-state index contributed by atoms with van der Waals surface area (Å²) in [5, 5.41) is 0. The van der Waals surface area contributed by atoms with E-state index in [1.54, 1.807) is 0 Å². The highest BCUT2D eigenvalue weighted by Gasteiger charge is 2.09. The predicted octanol–water partition coefficient (Wildman–Crippen LogP) is 2.80. The summed E-state index contributed by atoms with van der Waals surface area (Å²) in [7, 11) is 0. The van der Waals surface area contributed by atoms with Gasteiger partial charge in [0.25, 0.3) is 0 Å². The van der Waals surface area contributed by atoms with Crippen LogP contribution < -0.4 is 0 Å². The van der Waals surface area contributed by atoms with Crippen LogP contribution in [0.15, 0.2) is 11.8 Å². The highest BCUT2D eigenvalue weighted by Crippen LogP contribution is 2.07. The Hall–Kier alpha value is -0.500. The monoisotopic (exact) mass is 197 g/mol. The molecule has 1 aliphatic rings. The second-order valence-corrected chi connectivity index (χ2v) is 3.97. The van der Waals surface area contributed by atoms with Crippen LogP contribution in [0.4, 0.5) is 0 Å². The van der Waals surface area contributed by atoms with Crippen LogP contribution in [-0.4, -0.2) is 31.1 Å². The summed E-state index contributed by atoms with van der Waals surface area (Å²) in [5.74, 6) is 1.08. The first-order valence-electron chi connectivity index (χ1n) is 5.85. The maximum Gasteiger partial charge on any atom is 0.0889 e. The number of nitrogens with zero attached hydrogens (tertiary/aromatic N) is 1. The van der Waals surface area contributed by atoms with E-state index in [-0.39, 0.29) is 0 Å². The van der Waals surface area contributed by atoms with Gasteiger partial charge < -0.3 is 9.64 Å². The minimum atomic E-state index is 0.874. The number of allylic oxidation sites excluding steroid dienone is 2. The van der Waals surface area contributed by atoms with Crippen molar-refractivity contribution >= 4 is 0 Å². The average molecular weight is 197 g/mol. The first kappa shape index (κ1) is 11.6. The van der Waals surface area contributed by atoms with Crippen LogP contribution in [-0.2, 0) is 4.74 Å². The van der Waals surface area contributed by atoms with Gasteiger partial charge in [0.05, 0.1) is 12.4 Å². The highest BCUT2D eigenvalue weighted by molar-refractivity contribution is 4.86. The van der Waals surface area contributed by atoms with Crippen molar-refractivity contribution in [3.63, 3.8) is 0 Å². The van der Waals surface area contributed by atoms with E-state index in [1.165, 1.54) is 32.5 Å². The molecule has 2 nitrogen and oxygen atoms in total. The first-order chi connectivity index (χ1) is 6.83. The Kier molecular flexibility index (Phi) is 5.69. The van der Waals surface area contributed by atoms with E-state index in [4.69, 9.17) is 4.74 Å². The zero-order valence-corrected chi connectivity index (χ0v) is 9.59. The predicted molar refractivity (Wildman–Crippen MR) is 60.3 cm³/mol. The third kappa shape index (κ3) is 4.66. The number of rotatable bonds is 6. The lowest BCUT2D eigenvalue weighted by Gasteiger charge is -2.14. The van der Waals surface area contributed by atoms with Crippen LogP contribution in [0.25, 0.3) is 0 Å². The fraction of sp³-hybridized carbons (Fsp3) is 0.833. The zero-order valence-electron chi connectivity index (χ0n) is 9.59. The lowest BCUT2D eigenvalue weighted by Crippen LogP contribution is -2.21. The molecule has 0 saturated carbocycles. The number of ether oxygens (including phenoxy) is 1. The maximum absolute atomic E-state index is 5.58. The van der Waals surface area contributed by atoms with Crippen molar-refractivity contribution < 1.29 is 4.74 Å². The molecule has 1 rings (SSSR count). The summed E-state index contributed by atoms with van der Waals surface area (Å²) in [4.78, 5) is 2.53. The summed E-state index contributed by atoms with van der Waals surface area (Å²) in [6.45, 7) is 8.85. The Morgan fingerprint density at radius 2 is 2.07 bits per heavy atom. The molecule has 2 heteroatoms. The van der Waals surface area contributed by atoms with Gasteiger partial charge in [0.2, 0.25) is 0 Å². The molecule has 0 atom stereocenters.